The summed E-state index contributed by atoms with van der Waals surface area (Å²) in [6.07, 6.45) is 1.92. The van der Waals surface area contributed by atoms with Gasteiger partial charge in [0.15, 0.2) is 0 Å². The standard InChI is InChI=1S/C39H23N3O/c1-2-11-24(12-3-1)41-31-17-7-4-14-27(31)35-29-16-10-22-40-37(29)36-28-15-5-8-18-32(28)42(39(36)38(35)41)25-20-21-34-30(23-25)26-13-6-9-19-33(26)43-34/h1-23H. The van der Waals surface area contributed by atoms with Crippen LogP contribution in [0, 0.1) is 0 Å². The number of hydrogen-bond donors (Lipinski definition) is 0. The largest absolute Gasteiger partial charge is 0.456 e. The van der Waals surface area contributed by atoms with Crippen LogP contribution in [-0.2, 0) is 0 Å². The van der Waals surface area contributed by atoms with E-state index in [0.29, 0.717) is 0 Å². The number of nitrogens with zero attached hydrogens (tertiary/aromatic N) is 3. The van der Waals surface area contributed by atoms with Crippen molar-refractivity contribution in [3.63, 3.8) is 0 Å². The normalized spacial score (nSPS) is 12.2. The highest BCUT2D eigenvalue weighted by Gasteiger charge is 2.25. The molecule has 6 aromatic carbocycles. The number of para-hydroxylation sites is 4. The summed E-state index contributed by atoms with van der Waals surface area (Å²) in [5, 5.41) is 8.17. The molecule has 4 aromatic heterocycles. The number of fused-ring (bicyclic) bond motifs is 13. The summed E-state index contributed by atoms with van der Waals surface area (Å²) in [7, 11) is 0. The maximum atomic E-state index is 6.22. The van der Waals surface area contributed by atoms with Gasteiger partial charge < -0.3 is 13.6 Å². The van der Waals surface area contributed by atoms with Crippen LogP contribution in [0.3, 0.4) is 0 Å². The van der Waals surface area contributed by atoms with Crippen molar-refractivity contribution < 1.29 is 4.42 Å². The van der Waals surface area contributed by atoms with Gasteiger partial charge in [-0.3, -0.25) is 4.98 Å². The Morgan fingerprint density at radius 1 is 0.442 bits per heavy atom. The van der Waals surface area contributed by atoms with Gasteiger partial charge in [-0.1, -0.05) is 78.9 Å². The highest BCUT2D eigenvalue weighted by molar-refractivity contribution is 6.35. The Kier molecular flexibility index (Phi) is 4.42. The molecule has 4 nitrogen and oxygen atoms in total. The molecule has 0 unspecified atom stereocenters. The molecule has 200 valence electrons. The Bertz CT molecular complexity index is 2730. The van der Waals surface area contributed by atoms with Gasteiger partial charge in [-0.25, -0.2) is 0 Å². The second-order valence-electron chi connectivity index (χ2n) is 11.2. The Hall–Kier alpha value is -5.87. The van der Waals surface area contributed by atoms with Crippen LogP contribution < -0.4 is 0 Å². The van der Waals surface area contributed by atoms with E-state index in [9.17, 15) is 0 Å². The lowest BCUT2D eigenvalue weighted by molar-refractivity contribution is 0.669. The van der Waals surface area contributed by atoms with Gasteiger partial charge in [0.05, 0.1) is 27.6 Å². The van der Waals surface area contributed by atoms with Crippen LogP contribution in [0.4, 0.5) is 0 Å². The number of benzene rings is 6. The van der Waals surface area contributed by atoms with E-state index in [4.69, 9.17) is 9.40 Å². The zero-order valence-corrected chi connectivity index (χ0v) is 23.0. The van der Waals surface area contributed by atoms with Crippen molar-refractivity contribution in [3.05, 3.63) is 140 Å². The zero-order valence-electron chi connectivity index (χ0n) is 23.0. The fourth-order valence-corrected chi connectivity index (χ4v) is 7.21. The summed E-state index contributed by atoms with van der Waals surface area (Å²) in [6.45, 7) is 0. The topological polar surface area (TPSA) is 35.9 Å². The van der Waals surface area contributed by atoms with Crippen LogP contribution in [0.15, 0.2) is 144 Å². The lowest BCUT2D eigenvalue weighted by Crippen LogP contribution is -1.99. The number of hydrogen-bond acceptors (Lipinski definition) is 2. The predicted octanol–water partition coefficient (Wildman–Crippen LogP) is 10.3. The van der Waals surface area contributed by atoms with Crippen LogP contribution >= 0.6 is 0 Å². The fraction of sp³-hybridized carbons (Fsp3) is 0. The van der Waals surface area contributed by atoms with Gasteiger partial charge >= 0.3 is 0 Å². The van der Waals surface area contributed by atoms with Crippen molar-refractivity contribution >= 4 is 76.5 Å². The Labute approximate surface area is 245 Å². The van der Waals surface area contributed by atoms with E-state index in [-0.39, 0.29) is 0 Å². The van der Waals surface area contributed by atoms with Gasteiger partial charge in [-0.05, 0) is 54.6 Å². The molecule has 0 radical (unpaired) electrons. The highest BCUT2D eigenvalue weighted by Crippen LogP contribution is 2.46. The van der Waals surface area contributed by atoms with E-state index in [1.54, 1.807) is 0 Å². The fourth-order valence-electron chi connectivity index (χ4n) is 7.21. The van der Waals surface area contributed by atoms with Gasteiger partial charge in [-0.2, -0.15) is 0 Å². The van der Waals surface area contributed by atoms with E-state index in [1.807, 2.05) is 18.3 Å². The van der Waals surface area contributed by atoms with Gasteiger partial charge in [0, 0.05) is 55.3 Å². The Morgan fingerprint density at radius 3 is 1.86 bits per heavy atom. The molecule has 0 saturated heterocycles. The minimum Gasteiger partial charge on any atom is -0.456 e. The average molecular weight is 550 g/mol. The molecule has 0 fully saturated rings. The summed E-state index contributed by atoms with van der Waals surface area (Å²) >= 11 is 0. The molecule has 0 N–H and O–H groups in total. The van der Waals surface area contributed by atoms with Crippen LogP contribution in [0.25, 0.3) is 87.8 Å². The second kappa shape index (κ2) is 8.34. The molecule has 0 amide bonds. The quantitative estimate of drug-likeness (QED) is 0.215. The first-order valence-corrected chi connectivity index (χ1v) is 14.6. The molecule has 0 aliphatic heterocycles. The first kappa shape index (κ1) is 22.8. The van der Waals surface area contributed by atoms with E-state index in [2.05, 4.69) is 130 Å². The summed E-state index contributed by atoms with van der Waals surface area (Å²) in [6, 6.07) is 47.3. The first-order chi connectivity index (χ1) is 21.4. The molecule has 0 bridgehead atoms. The first-order valence-electron chi connectivity index (χ1n) is 14.6. The van der Waals surface area contributed by atoms with Gasteiger partial charge in [0.25, 0.3) is 0 Å². The van der Waals surface area contributed by atoms with E-state index >= 15 is 0 Å². The molecular weight excluding hydrogens is 526 g/mol. The summed E-state index contributed by atoms with van der Waals surface area (Å²) in [5.74, 6) is 0. The van der Waals surface area contributed by atoms with E-state index in [0.717, 1.165) is 60.6 Å². The molecular formula is C39H23N3O. The predicted molar refractivity (Wildman–Crippen MR) is 178 cm³/mol. The molecule has 4 heterocycles. The minimum absolute atomic E-state index is 0.890. The van der Waals surface area contributed by atoms with Crippen molar-refractivity contribution in [2.75, 3.05) is 0 Å². The lowest BCUT2D eigenvalue weighted by Gasteiger charge is -2.13. The minimum atomic E-state index is 0.890. The third-order valence-corrected chi connectivity index (χ3v) is 8.92. The molecule has 43 heavy (non-hydrogen) atoms. The molecule has 10 aromatic rings. The number of rotatable bonds is 2. The molecule has 10 rings (SSSR count). The van der Waals surface area contributed by atoms with Gasteiger partial charge in [0.1, 0.15) is 11.2 Å². The summed E-state index contributed by atoms with van der Waals surface area (Å²) in [4.78, 5) is 5.05. The van der Waals surface area contributed by atoms with Crippen LogP contribution in [0.5, 0.6) is 0 Å². The Morgan fingerprint density at radius 2 is 1.05 bits per heavy atom. The number of aromatic nitrogens is 3. The maximum absolute atomic E-state index is 6.22. The van der Waals surface area contributed by atoms with Crippen LogP contribution in [0.1, 0.15) is 0 Å². The third kappa shape index (κ3) is 2.97. The smallest absolute Gasteiger partial charge is 0.135 e. The van der Waals surface area contributed by atoms with Gasteiger partial charge in [-0.15, -0.1) is 0 Å². The average Bonchev–Trinajstić information content (AvgIpc) is 3.73. The van der Waals surface area contributed by atoms with Crippen molar-refractivity contribution in [3.8, 4) is 11.4 Å². The highest BCUT2D eigenvalue weighted by atomic mass is 16.3. The zero-order chi connectivity index (χ0) is 28.1. The second-order valence-corrected chi connectivity index (χ2v) is 11.2. The molecule has 0 aliphatic carbocycles. The SMILES string of the molecule is c1ccc(-n2c3ccccc3c3c4cccnc4c4c5ccccc5n(-c5ccc6oc7ccccc7c6c5)c4c32)cc1. The molecule has 0 atom stereocenters. The van der Waals surface area contributed by atoms with E-state index in [1.165, 1.54) is 27.2 Å². The van der Waals surface area contributed by atoms with Crippen LogP contribution in [0.2, 0.25) is 0 Å². The monoisotopic (exact) mass is 549 g/mol. The number of furan rings is 1. The van der Waals surface area contributed by atoms with Crippen molar-refractivity contribution in [1.29, 1.82) is 0 Å². The molecule has 4 heteroatoms. The van der Waals surface area contributed by atoms with Gasteiger partial charge in [0.2, 0.25) is 0 Å². The van der Waals surface area contributed by atoms with Crippen molar-refractivity contribution in [2.24, 2.45) is 0 Å². The summed E-state index contributed by atoms with van der Waals surface area (Å²) in [5.41, 5.74) is 9.68. The summed E-state index contributed by atoms with van der Waals surface area (Å²) < 4.78 is 11.1. The molecule has 0 saturated carbocycles. The Balaban J connectivity index is 1.51. The molecule has 0 aliphatic rings. The van der Waals surface area contributed by atoms with Crippen molar-refractivity contribution in [1.82, 2.24) is 14.1 Å². The van der Waals surface area contributed by atoms with Crippen molar-refractivity contribution in [2.45, 2.75) is 0 Å². The molecule has 0 spiro atoms. The maximum Gasteiger partial charge on any atom is 0.135 e. The van der Waals surface area contributed by atoms with Crippen LogP contribution in [-0.4, -0.2) is 14.1 Å². The number of pyridine rings is 1. The lowest BCUT2D eigenvalue weighted by atomic mass is 10.0. The third-order valence-electron chi connectivity index (χ3n) is 8.92. The van der Waals surface area contributed by atoms with E-state index < -0.39 is 0 Å².